The third-order valence-electron chi connectivity index (χ3n) is 4.88. The van der Waals surface area contributed by atoms with Gasteiger partial charge in [0.25, 0.3) is 0 Å². The van der Waals surface area contributed by atoms with Gasteiger partial charge in [-0.25, -0.2) is 14.6 Å². The van der Waals surface area contributed by atoms with Crippen LogP contribution < -0.4 is 4.90 Å². The molecule has 0 bridgehead atoms. The summed E-state index contributed by atoms with van der Waals surface area (Å²) in [6, 6.07) is 16.2. The molecule has 0 amide bonds. The second kappa shape index (κ2) is 6.32. The number of nitrogens with zero attached hydrogens (tertiary/aromatic N) is 6. The molecule has 7 heteroatoms. The predicted octanol–water partition coefficient (Wildman–Crippen LogP) is 3.93. The number of anilines is 2. The van der Waals surface area contributed by atoms with E-state index < -0.39 is 0 Å². The lowest BCUT2D eigenvalue weighted by Crippen LogP contribution is -2.16. The summed E-state index contributed by atoms with van der Waals surface area (Å²) in [6.45, 7) is 3.29. The van der Waals surface area contributed by atoms with Crippen LogP contribution in [0.25, 0.3) is 11.2 Å². The van der Waals surface area contributed by atoms with E-state index in [1.54, 1.807) is 4.68 Å². The van der Waals surface area contributed by atoms with Crippen LogP contribution in [0.4, 0.5) is 11.5 Å². The number of fused-ring (bicyclic) bond motifs is 2. The minimum Gasteiger partial charge on any atom is -0.324 e. The number of rotatable bonds is 3. The Bertz CT molecular complexity index is 1150. The minimum absolute atomic E-state index is 0.517. The number of aromatic nitrogens is 5. The summed E-state index contributed by atoms with van der Waals surface area (Å²) in [6.07, 6.45) is 0.995. The molecule has 2 aromatic heterocycles. The zero-order valence-electron chi connectivity index (χ0n) is 14.8. The van der Waals surface area contributed by atoms with Crippen molar-refractivity contribution in [3.8, 4) is 0 Å². The van der Waals surface area contributed by atoms with Gasteiger partial charge in [0.05, 0.1) is 6.54 Å². The summed E-state index contributed by atoms with van der Waals surface area (Å²) in [4.78, 5) is 11.5. The number of benzene rings is 2. The molecule has 0 radical (unpaired) electrons. The molecule has 0 saturated heterocycles. The second-order valence-electron chi connectivity index (χ2n) is 6.64. The lowest BCUT2D eigenvalue weighted by Gasteiger charge is -2.18. The van der Waals surface area contributed by atoms with Crippen molar-refractivity contribution in [2.24, 2.45) is 0 Å². The van der Waals surface area contributed by atoms with Crippen molar-refractivity contribution in [1.29, 1.82) is 0 Å². The van der Waals surface area contributed by atoms with Crippen LogP contribution in [0.15, 0.2) is 48.5 Å². The van der Waals surface area contributed by atoms with Gasteiger partial charge >= 0.3 is 0 Å². The van der Waals surface area contributed by atoms with Gasteiger partial charge in [-0.2, -0.15) is 0 Å². The van der Waals surface area contributed by atoms with Crippen LogP contribution in [-0.2, 0) is 13.0 Å². The first-order valence-electron chi connectivity index (χ1n) is 8.87. The van der Waals surface area contributed by atoms with Crippen molar-refractivity contribution in [3.63, 3.8) is 0 Å². The molecule has 5 rings (SSSR count). The Morgan fingerprint density at radius 2 is 1.85 bits per heavy atom. The molecule has 3 heterocycles. The van der Waals surface area contributed by atoms with Gasteiger partial charge in [0.1, 0.15) is 5.82 Å². The van der Waals surface area contributed by atoms with Gasteiger partial charge in [-0.05, 0) is 36.6 Å². The Kier molecular flexibility index (Phi) is 3.79. The molecular formula is C20H17ClN6. The highest BCUT2D eigenvalue weighted by atomic mass is 35.5. The highest BCUT2D eigenvalue weighted by Gasteiger charge is 2.25. The molecule has 0 saturated carbocycles. The summed E-state index contributed by atoms with van der Waals surface area (Å²) < 4.78 is 1.79. The molecule has 6 nitrogen and oxygen atoms in total. The van der Waals surface area contributed by atoms with Crippen LogP contribution in [0.5, 0.6) is 0 Å². The van der Waals surface area contributed by atoms with Crippen LogP contribution in [0.3, 0.4) is 0 Å². The fourth-order valence-electron chi connectivity index (χ4n) is 3.59. The van der Waals surface area contributed by atoms with Gasteiger partial charge < -0.3 is 4.90 Å². The summed E-state index contributed by atoms with van der Waals surface area (Å²) in [5.41, 5.74) is 4.92. The van der Waals surface area contributed by atoms with E-state index in [0.29, 0.717) is 22.9 Å². The van der Waals surface area contributed by atoms with Gasteiger partial charge in [-0.1, -0.05) is 53.2 Å². The lowest BCUT2D eigenvalue weighted by atomic mass is 10.2. The Morgan fingerprint density at radius 3 is 2.74 bits per heavy atom. The fraction of sp³-hybridized carbons (Fsp3) is 0.200. The van der Waals surface area contributed by atoms with Crippen molar-refractivity contribution >= 4 is 34.3 Å². The molecule has 0 N–H and O–H groups in total. The van der Waals surface area contributed by atoms with E-state index in [1.807, 2.05) is 31.2 Å². The number of aryl methyl sites for hydroxylation is 1. The molecule has 0 unspecified atom stereocenters. The lowest BCUT2D eigenvalue weighted by molar-refractivity contribution is 0.663. The Labute approximate surface area is 161 Å². The summed E-state index contributed by atoms with van der Waals surface area (Å²) >= 11 is 6.31. The van der Waals surface area contributed by atoms with Crippen molar-refractivity contribution in [2.75, 3.05) is 11.4 Å². The van der Waals surface area contributed by atoms with Crippen LogP contribution in [0.2, 0.25) is 5.02 Å². The third kappa shape index (κ3) is 2.73. The Morgan fingerprint density at radius 1 is 1.04 bits per heavy atom. The molecule has 0 fully saturated rings. The van der Waals surface area contributed by atoms with E-state index >= 15 is 0 Å². The fourth-order valence-corrected chi connectivity index (χ4v) is 3.78. The van der Waals surface area contributed by atoms with Crippen LogP contribution in [0.1, 0.15) is 17.0 Å². The number of hydrogen-bond acceptors (Lipinski definition) is 5. The van der Waals surface area contributed by atoms with Gasteiger partial charge in [0, 0.05) is 17.3 Å². The zero-order valence-corrected chi connectivity index (χ0v) is 15.6. The second-order valence-corrected chi connectivity index (χ2v) is 7.04. The van der Waals surface area contributed by atoms with Crippen molar-refractivity contribution < 1.29 is 0 Å². The standard InChI is InChI=1S/C20H17ClN6/c1-13-22-19(26-11-10-14-6-3-5-9-17(14)26)18-20(23-13)27(25-24-18)12-15-7-2-4-8-16(15)21/h2-9H,10-12H2,1H3. The van der Waals surface area contributed by atoms with Gasteiger partial charge in [-0.3, -0.25) is 0 Å². The number of halogens is 1. The molecule has 2 aromatic carbocycles. The third-order valence-corrected chi connectivity index (χ3v) is 5.25. The average molecular weight is 377 g/mol. The van der Waals surface area contributed by atoms with E-state index in [-0.39, 0.29) is 0 Å². The van der Waals surface area contributed by atoms with E-state index in [2.05, 4.69) is 44.5 Å². The maximum absolute atomic E-state index is 6.31. The summed E-state index contributed by atoms with van der Waals surface area (Å²) in [7, 11) is 0. The van der Waals surface area contributed by atoms with Crippen LogP contribution in [-0.4, -0.2) is 31.5 Å². The maximum Gasteiger partial charge on any atom is 0.184 e. The topological polar surface area (TPSA) is 59.7 Å². The highest BCUT2D eigenvalue weighted by molar-refractivity contribution is 6.31. The zero-order chi connectivity index (χ0) is 18.4. The van der Waals surface area contributed by atoms with E-state index in [0.717, 1.165) is 30.0 Å². The molecule has 134 valence electrons. The first-order chi connectivity index (χ1) is 13.2. The minimum atomic E-state index is 0.517. The summed E-state index contributed by atoms with van der Waals surface area (Å²) in [5, 5.41) is 9.45. The molecule has 1 aliphatic heterocycles. The first kappa shape index (κ1) is 16.2. The van der Waals surface area contributed by atoms with Crippen LogP contribution >= 0.6 is 11.6 Å². The number of hydrogen-bond donors (Lipinski definition) is 0. The molecule has 4 aromatic rings. The molecule has 0 aliphatic carbocycles. The molecule has 0 spiro atoms. The van der Waals surface area contributed by atoms with Crippen molar-refractivity contribution in [3.05, 3.63) is 70.5 Å². The molecule has 0 atom stereocenters. The van der Waals surface area contributed by atoms with Crippen molar-refractivity contribution in [1.82, 2.24) is 25.0 Å². The van der Waals surface area contributed by atoms with E-state index in [9.17, 15) is 0 Å². The quantitative estimate of drug-likeness (QED) is 0.542. The van der Waals surface area contributed by atoms with Crippen molar-refractivity contribution in [2.45, 2.75) is 19.9 Å². The van der Waals surface area contributed by atoms with Crippen LogP contribution in [0, 0.1) is 6.92 Å². The van der Waals surface area contributed by atoms with Gasteiger partial charge in [0.15, 0.2) is 17.0 Å². The monoisotopic (exact) mass is 376 g/mol. The van der Waals surface area contributed by atoms with Gasteiger partial charge in [-0.15, -0.1) is 5.10 Å². The summed E-state index contributed by atoms with van der Waals surface area (Å²) in [5.74, 6) is 1.51. The highest BCUT2D eigenvalue weighted by Crippen LogP contribution is 2.36. The smallest absolute Gasteiger partial charge is 0.184 e. The van der Waals surface area contributed by atoms with E-state index in [4.69, 9.17) is 16.6 Å². The van der Waals surface area contributed by atoms with Gasteiger partial charge in [0.2, 0.25) is 0 Å². The molecule has 1 aliphatic rings. The predicted molar refractivity (Wildman–Crippen MR) is 106 cm³/mol. The average Bonchev–Trinajstić information content (AvgIpc) is 3.27. The molecular weight excluding hydrogens is 360 g/mol. The first-order valence-corrected chi connectivity index (χ1v) is 9.25. The normalized spacial score (nSPS) is 13.3. The SMILES string of the molecule is Cc1nc(N2CCc3ccccc32)c2nnn(Cc3ccccc3Cl)c2n1. The Hall–Kier alpha value is -2.99. The maximum atomic E-state index is 6.31. The van der Waals surface area contributed by atoms with E-state index in [1.165, 1.54) is 11.3 Å². The largest absolute Gasteiger partial charge is 0.324 e. The number of para-hydroxylation sites is 1. The Balaban J connectivity index is 1.62. The molecule has 27 heavy (non-hydrogen) atoms.